The van der Waals surface area contributed by atoms with Crippen molar-refractivity contribution in [3.8, 4) is 39.7 Å². The van der Waals surface area contributed by atoms with Crippen molar-refractivity contribution in [2.24, 2.45) is 0 Å². The van der Waals surface area contributed by atoms with Crippen molar-refractivity contribution < 1.29 is 14.3 Å². The zero-order chi connectivity index (χ0) is 27.1. The zero-order valence-corrected chi connectivity index (χ0v) is 20.9. The fraction of sp³-hybridized carbons (Fsp3) is 0.111. The molecule has 0 fully saturated rings. The molecule has 0 saturated heterocycles. The second-order valence-electron chi connectivity index (χ2n) is 9.28. The number of rotatable bonds is 6. The number of nitrogens with zero attached hydrogens (tertiary/aromatic N) is 6. The van der Waals surface area contributed by atoms with E-state index in [-0.39, 0.29) is 18.2 Å². The van der Waals surface area contributed by atoms with Crippen LogP contribution in [-0.4, -0.2) is 71.7 Å². The number of phenols is 1. The van der Waals surface area contributed by atoms with Crippen LogP contribution in [0.25, 0.3) is 56.0 Å². The minimum Gasteiger partial charge on any atom is -0.508 e. The van der Waals surface area contributed by atoms with E-state index in [1.807, 2.05) is 26.2 Å². The fourth-order valence-corrected chi connectivity index (χ4v) is 4.37. The number of aromatic hydroxyl groups is 1. The molecular formula is C27H22FN9O2. The molecule has 0 bridgehead atoms. The van der Waals surface area contributed by atoms with Gasteiger partial charge in [0.25, 0.3) is 0 Å². The van der Waals surface area contributed by atoms with E-state index < -0.39 is 5.82 Å². The Morgan fingerprint density at radius 1 is 1.03 bits per heavy atom. The second kappa shape index (κ2) is 9.58. The van der Waals surface area contributed by atoms with Crippen molar-refractivity contribution in [3.63, 3.8) is 0 Å². The lowest BCUT2D eigenvalue weighted by Gasteiger charge is -2.10. The van der Waals surface area contributed by atoms with Gasteiger partial charge in [0.1, 0.15) is 22.8 Å². The Hall–Kier alpha value is -5.23. The largest absolute Gasteiger partial charge is 0.508 e. The number of carbonyl (C=O) groups excluding carboxylic acids is 1. The summed E-state index contributed by atoms with van der Waals surface area (Å²) in [5.74, 6) is -0.454. The number of hydrogen-bond acceptors (Lipinski definition) is 8. The molecule has 0 atom stereocenters. The van der Waals surface area contributed by atoms with Crippen LogP contribution in [-0.2, 0) is 4.79 Å². The van der Waals surface area contributed by atoms with Gasteiger partial charge in [-0.2, -0.15) is 5.10 Å². The van der Waals surface area contributed by atoms with Crippen LogP contribution in [0.3, 0.4) is 0 Å². The van der Waals surface area contributed by atoms with Gasteiger partial charge in [-0.25, -0.2) is 14.4 Å². The number of hydrogen-bond donors (Lipinski definition) is 4. The van der Waals surface area contributed by atoms with Crippen molar-refractivity contribution in [1.29, 1.82) is 0 Å². The van der Waals surface area contributed by atoms with Crippen LogP contribution in [0.2, 0.25) is 0 Å². The summed E-state index contributed by atoms with van der Waals surface area (Å²) in [7, 11) is 3.65. The highest BCUT2D eigenvalue weighted by Crippen LogP contribution is 2.33. The van der Waals surface area contributed by atoms with Crippen molar-refractivity contribution in [1.82, 2.24) is 40.0 Å². The Balaban J connectivity index is 1.39. The number of aromatic nitrogens is 7. The molecule has 11 nitrogen and oxygen atoms in total. The molecule has 0 saturated carbocycles. The number of aromatic amines is 2. The number of H-pyrrole nitrogens is 2. The maximum atomic E-state index is 14.0. The average molecular weight is 524 g/mol. The van der Waals surface area contributed by atoms with Crippen LogP contribution in [0.15, 0.2) is 61.2 Å². The first-order valence-corrected chi connectivity index (χ1v) is 11.9. The van der Waals surface area contributed by atoms with E-state index in [1.54, 1.807) is 35.8 Å². The monoisotopic (exact) mass is 523 g/mol. The molecule has 4 N–H and O–H groups in total. The number of amides is 1. The smallest absolute Gasteiger partial charge is 0.238 e. The predicted octanol–water partition coefficient (Wildman–Crippen LogP) is 3.97. The van der Waals surface area contributed by atoms with Gasteiger partial charge in [-0.15, -0.1) is 0 Å². The summed E-state index contributed by atoms with van der Waals surface area (Å²) in [4.78, 5) is 35.1. The maximum absolute atomic E-state index is 14.0. The van der Waals surface area contributed by atoms with Crippen LogP contribution in [0.5, 0.6) is 5.75 Å². The van der Waals surface area contributed by atoms with Gasteiger partial charge < -0.3 is 20.3 Å². The number of pyridine rings is 3. The summed E-state index contributed by atoms with van der Waals surface area (Å²) < 4.78 is 14.0. The summed E-state index contributed by atoms with van der Waals surface area (Å²) >= 11 is 0. The van der Waals surface area contributed by atoms with E-state index in [4.69, 9.17) is 4.98 Å². The maximum Gasteiger partial charge on any atom is 0.238 e. The Morgan fingerprint density at radius 2 is 1.87 bits per heavy atom. The Kier molecular flexibility index (Phi) is 5.92. The SMILES string of the molecule is CN(C)CC(=O)Nc1cncc(-c2cnc3[nH]nc(-c4nc5c(-c6cc(O)cc(F)c6)nccc5[nH]4)c3c2)c1. The highest BCUT2D eigenvalue weighted by Gasteiger charge is 2.18. The van der Waals surface area contributed by atoms with Crippen molar-refractivity contribution in [3.05, 3.63) is 67.0 Å². The molecule has 1 aromatic carbocycles. The lowest BCUT2D eigenvalue weighted by molar-refractivity contribution is -0.116. The van der Waals surface area contributed by atoms with Gasteiger partial charge in [-0.3, -0.25) is 19.9 Å². The quantitative estimate of drug-likeness (QED) is 0.256. The van der Waals surface area contributed by atoms with E-state index in [1.165, 1.54) is 12.1 Å². The summed E-state index contributed by atoms with van der Waals surface area (Å²) in [5, 5.41) is 20.8. The van der Waals surface area contributed by atoms with Crippen LogP contribution >= 0.6 is 0 Å². The zero-order valence-electron chi connectivity index (χ0n) is 20.9. The first-order valence-electron chi connectivity index (χ1n) is 11.9. The average Bonchev–Trinajstić information content (AvgIpc) is 3.51. The number of phenolic OH excluding ortho intramolecular Hbond substituents is 1. The predicted molar refractivity (Wildman–Crippen MR) is 144 cm³/mol. The Bertz CT molecular complexity index is 1840. The minimum absolute atomic E-state index is 0.142. The molecular weight excluding hydrogens is 501 g/mol. The van der Waals surface area contributed by atoms with E-state index in [9.17, 15) is 14.3 Å². The van der Waals surface area contributed by atoms with E-state index in [0.717, 1.165) is 17.2 Å². The van der Waals surface area contributed by atoms with Gasteiger partial charge in [0.2, 0.25) is 5.91 Å². The molecule has 0 spiro atoms. The molecule has 1 amide bonds. The van der Waals surface area contributed by atoms with Crippen molar-refractivity contribution in [2.45, 2.75) is 0 Å². The van der Waals surface area contributed by atoms with Gasteiger partial charge in [0, 0.05) is 41.3 Å². The van der Waals surface area contributed by atoms with Gasteiger partial charge in [-0.1, -0.05) is 0 Å². The van der Waals surface area contributed by atoms with E-state index in [2.05, 4.69) is 35.5 Å². The molecule has 0 aliphatic rings. The van der Waals surface area contributed by atoms with Gasteiger partial charge in [-0.05, 0) is 44.4 Å². The summed E-state index contributed by atoms with van der Waals surface area (Å²) in [5.41, 5.74) is 5.20. The molecule has 0 radical (unpaired) electrons. The first-order chi connectivity index (χ1) is 18.8. The second-order valence-corrected chi connectivity index (χ2v) is 9.28. The molecule has 39 heavy (non-hydrogen) atoms. The molecule has 5 heterocycles. The molecule has 6 aromatic rings. The topological polar surface area (TPSA) is 149 Å². The summed E-state index contributed by atoms with van der Waals surface area (Å²) in [6.07, 6.45) is 6.56. The van der Waals surface area contributed by atoms with E-state index in [0.29, 0.717) is 50.5 Å². The molecule has 6 rings (SSSR count). The molecule has 12 heteroatoms. The van der Waals surface area contributed by atoms with Gasteiger partial charge >= 0.3 is 0 Å². The fourth-order valence-electron chi connectivity index (χ4n) is 4.37. The number of benzene rings is 1. The molecule has 0 unspecified atom stereocenters. The molecule has 5 aromatic heterocycles. The number of fused-ring (bicyclic) bond motifs is 2. The number of nitrogens with one attached hydrogen (secondary N) is 3. The van der Waals surface area contributed by atoms with Crippen LogP contribution in [0.1, 0.15) is 0 Å². The minimum atomic E-state index is -0.577. The van der Waals surface area contributed by atoms with Crippen molar-refractivity contribution >= 4 is 33.7 Å². The highest BCUT2D eigenvalue weighted by atomic mass is 19.1. The number of likely N-dealkylation sites (N-methyl/N-ethyl adjacent to an activating group) is 1. The standard InChI is InChI=1S/C27H22FN9O2/c1-37(2)13-22(39)32-18-6-15(10-29-12-18)16-8-20-24(35-36-26(20)31-11-16)27-33-21-3-4-30-23(25(21)34-27)14-5-17(28)9-19(38)7-14/h3-12,38H,13H2,1-2H3,(H,32,39)(H,33,34)(H,31,35,36). The lowest BCUT2D eigenvalue weighted by atomic mass is 10.1. The Labute approximate surface area is 220 Å². The first kappa shape index (κ1) is 24.1. The highest BCUT2D eigenvalue weighted by molar-refractivity contribution is 5.97. The number of halogens is 1. The van der Waals surface area contributed by atoms with E-state index >= 15 is 0 Å². The lowest BCUT2D eigenvalue weighted by Crippen LogP contribution is -2.27. The summed E-state index contributed by atoms with van der Waals surface area (Å²) in [6, 6.07) is 9.26. The molecule has 0 aliphatic heterocycles. The Morgan fingerprint density at radius 3 is 2.69 bits per heavy atom. The third-order valence-corrected chi connectivity index (χ3v) is 6.01. The van der Waals surface area contributed by atoms with Crippen LogP contribution < -0.4 is 5.32 Å². The van der Waals surface area contributed by atoms with Crippen LogP contribution in [0, 0.1) is 5.82 Å². The normalized spacial score (nSPS) is 11.5. The van der Waals surface area contributed by atoms with Gasteiger partial charge in [0.15, 0.2) is 11.5 Å². The number of imidazole rings is 1. The molecule has 0 aliphatic carbocycles. The third-order valence-electron chi connectivity index (χ3n) is 6.01. The third kappa shape index (κ3) is 4.76. The van der Waals surface area contributed by atoms with Gasteiger partial charge in [0.05, 0.1) is 35.0 Å². The number of anilines is 1. The van der Waals surface area contributed by atoms with Crippen molar-refractivity contribution in [2.75, 3.05) is 26.0 Å². The van der Waals surface area contributed by atoms with Crippen LogP contribution in [0.4, 0.5) is 10.1 Å². The molecule has 194 valence electrons. The number of carbonyl (C=O) groups is 1. The summed E-state index contributed by atoms with van der Waals surface area (Å²) in [6.45, 7) is 0.255.